The zero-order chi connectivity index (χ0) is 24.0. The molecular weight excluding hydrogens is 452 g/mol. The Hall–Kier alpha value is -2.78. The lowest BCUT2D eigenvalue weighted by atomic mass is 9.97. The molecule has 5 rings (SSSR count). The second kappa shape index (κ2) is 8.78. The molecule has 9 heteroatoms. The fourth-order valence-corrected chi connectivity index (χ4v) is 6.49. The van der Waals surface area contributed by atoms with Crippen LogP contribution < -0.4 is 10.2 Å². The molecule has 1 aliphatic carbocycles. The van der Waals surface area contributed by atoms with E-state index >= 15 is 0 Å². The summed E-state index contributed by atoms with van der Waals surface area (Å²) in [6.07, 6.45) is 5.10. The van der Waals surface area contributed by atoms with Crippen LogP contribution >= 0.6 is 0 Å². The SMILES string of the molecule is Cc1cccnc1NC(=O)C1CCN(S(=O)(=O)c2ccc3c(c2)C[C@@H](C)N3C(=O)C2CC2)CC1. The topological polar surface area (TPSA) is 99.7 Å². The van der Waals surface area contributed by atoms with Crippen LogP contribution in [0.5, 0.6) is 0 Å². The van der Waals surface area contributed by atoms with Crippen LogP contribution in [0.3, 0.4) is 0 Å². The van der Waals surface area contributed by atoms with Crippen molar-refractivity contribution in [3.8, 4) is 0 Å². The molecule has 1 saturated carbocycles. The minimum atomic E-state index is -3.67. The Morgan fingerprint density at radius 1 is 1.06 bits per heavy atom. The van der Waals surface area contributed by atoms with Gasteiger partial charge in [-0.3, -0.25) is 9.59 Å². The summed E-state index contributed by atoms with van der Waals surface area (Å²) >= 11 is 0. The highest BCUT2D eigenvalue weighted by Gasteiger charge is 2.40. The first kappa shape index (κ1) is 23.0. The van der Waals surface area contributed by atoms with Crippen LogP contribution in [0.4, 0.5) is 11.5 Å². The summed E-state index contributed by atoms with van der Waals surface area (Å²) in [6, 6.07) is 8.86. The fraction of sp³-hybridized carbons (Fsp3) is 0.480. The predicted octanol–water partition coefficient (Wildman–Crippen LogP) is 3.12. The van der Waals surface area contributed by atoms with E-state index in [1.54, 1.807) is 24.4 Å². The average Bonchev–Trinajstić information content (AvgIpc) is 3.62. The van der Waals surface area contributed by atoms with Crippen LogP contribution in [0.2, 0.25) is 0 Å². The Morgan fingerprint density at radius 2 is 1.79 bits per heavy atom. The Kier molecular flexibility index (Phi) is 5.93. The summed E-state index contributed by atoms with van der Waals surface area (Å²) in [4.78, 5) is 31.7. The van der Waals surface area contributed by atoms with Crippen molar-refractivity contribution in [1.82, 2.24) is 9.29 Å². The number of pyridine rings is 1. The third-order valence-corrected chi connectivity index (χ3v) is 9.04. The molecule has 2 fully saturated rings. The molecular formula is C25H30N4O4S. The van der Waals surface area contributed by atoms with Gasteiger partial charge in [0.25, 0.3) is 0 Å². The number of hydrogen-bond donors (Lipinski definition) is 1. The van der Waals surface area contributed by atoms with E-state index in [1.807, 2.05) is 30.9 Å². The lowest BCUT2D eigenvalue weighted by Crippen LogP contribution is -2.41. The Bertz CT molecular complexity index is 1230. The number of hydrogen-bond acceptors (Lipinski definition) is 5. The number of piperidine rings is 1. The van der Waals surface area contributed by atoms with Crippen molar-refractivity contribution in [2.45, 2.75) is 56.9 Å². The normalized spacial score (nSPS) is 21.4. The van der Waals surface area contributed by atoms with Crippen molar-refractivity contribution in [2.24, 2.45) is 11.8 Å². The molecule has 1 aromatic heterocycles. The van der Waals surface area contributed by atoms with E-state index in [9.17, 15) is 18.0 Å². The maximum Gasteiger partial charge on any atom is 0.243 e. The number of rotatable bonds is 5. The summed E-state index contributed by atoms with van der Waals surface area (Å²) < 4.78 is 28.2. The summed E-state index contributed by atoms with van der Waals surface area (Å²) in [5.74, 6) is 0.450. The standard InChI is InChI=1S/C25H30N4O4S/c1-16-4-3-11-26-23(16)27-24(30)18-9-12-28(13-10-18)34(32,33)21-7-8-22-20(15-21)14-17(2)29(22)25(31)19-5-6-19/h3-4,7-8,11,15,17-19H,5-6,9-10,12-14H2,1-2H3,(H,26,27,30)/t17-/m1/s1. The average molecular weight is 483 g/mol. The highest BCUT2D eigenvalue weighted by atomic mass is 32.2. The van der Waals surface area contributed by atoms with Gasteiger partial charge in [0, 0.05) is 42.9 Å². The molecule has 0 radical (unpaired) electrons. The van der Waals surface area contributed by atoms with Crippen molar-refractivity contribution < 1.29 is 18.0 Å². The molecule has 1 atom stereocenters. The summed E-state index contributed by atoms with van der Waals surface area (Å²) in [6.45, 7) is 4.48. The van der Waals surface area contributed by atoms with E-state index in [0.29, 0.717) is 38.2 Å². The van der Waals surface area contributed by atoms with E-state index in [2.05, 4.69) is 10.3 Å². The molecule has 1 aromatic carbocycles. The lowest BCUT2D eigenvalue weighted by Gasteiger charge is -2.30. The molecule has 2 aromatic rings. The number of carbonyl (C=O) groups excluding carboxylic acids is 2. The lowest BCUT2D eigenvalue weighted by molar-refractivity contribution is -0.121. The molecule has 180 valence electrons. The minimum absolute atomic E-state index is 0.0399. The molecule has 0 bridgehead atoms. The first-order valence-corrected chi connectivity index (χ1v) is 13.4. The van der Waals surface area contributed by atoms with Gasteiger partial charge in [0.2, 0.25) is 21.8 Å². The molecule has 1 saturated heterocycles. The number of benzene rings is 1. The van der Waals surface area contributed by atoms with Gasteiger partial charge in [0.15, 0.2) is 0 Å². The maximum absolute atomic E-state index is 13.3. The second-order valence-corrected chi connectivity index (χ2v) is 11.6. The number of anilines is 2. The van der Waals surface area contributed by atoms with Crippen molar-refractivity contribution in [2.75, 3.05) is 23.3 Å². The molecule has 8 nitrogen and oxygen atoms in total. The highest BCUT2D eigenvalue weighted by molar-refractivity contribution is 7.89. The van der Waals surface area contributed by atoms with E-state index in [1.165, 1.54) is 4.31 Å². The number of amides is 2. The Morgan fingerprint density at radius 3 is 2.47 bits per heavy atom. The first-order chi connectivity index (χ1) is 16.3. The number of nitrogens with one attached hydrogen (secondary N) is 1. The second-order valence-electron chi connectivity index (χ2n) is 9.66. The van der Waals surface area contributed by atoms with Crippen LogP contribution in [0, 0.1) is 18.8 Å². The third kappa shape index (κ3) is 4.22. The van der Waals surface area contributed by atoms with Gasteiger partial charge in [-0.1, -0.05) is 6.07 Å². The molecule has 0 unspecified atom stereocenters. The number of aromatic nitrogens is 1. The maximum atomic E-state index is 13.3. The van der Waals surface area contributed by atoms with Crippen LogP contribution in [0.1, 0.15) is 43.7 Å². The molecule has 3 heterocycles. The highest BCUT2D eigenvalue weighted by Crippen LogP contribution is 2.40. The van der Waals surface area contributed by atoms with Gasteiger partial charge in [-0.2, -0.15) is 4.31 Å². The van der Waals surface area contributed by atoms with Crippen LogP contribution in [0.15, 0.2) is 41.4 Å². The summed E-state index contributed by atoms with van der Waals surface area (Å²) in [7, 11) is -3.67. The molecule has 3 aliphatic rings. The van der Waals surface area contributed by atoms with Crippen molar-refractivity contribution >= 4 is 33.3 Å². The van der Waals surface area contributed by atoms with Gasteiger partial charge >= 0.3 is 0 Å². The number of sulfonamides is 1. The number of aryl methyl sites for hydroxylation is 1. The summed E-state index contributed by atoms with van der Waals surface area (Å²) in [5, 5.41) is 2.87. The quantitative estimate of drug-likeness (QED) is 0.706. The van der Waals surface area contributed by atoms with Crippen LogP contribution in [0.25, 0.3) is 0 Å². The van der Waals surface area contributed by atoms with E-state index in [4.69, 9.17) is 0 Å². The molecule has 34 heavy (non-hydrogen) atoms. The minimum Gasteiger partial charge on any atom is -0.310 e. The zero-order valence-corrected chi connectivity index (χ0v) is 20.3. The van der Waals surface area contributed by atoms with E-state index in [-0.39, 0.29) is 34.6 Å². The smallest absolute Gasteiger partial charge is 0.243 e. The van der Waals surface area contributed by atoms with E-state index < -0.39 is 10.0 Å². The molecule has 1 N–H and O–H groups in total. The third-order valence-electron chi connectivity index (χ3n) is 7.14. The molecule has 0 spiro atoms. The van der Waals surface area contributed by atoms with Crippen molar-refractivity contribution in [1.29, 1.82) is 0 Å². The van der Waals surface area contributed by atoms with Gasteiger partial charge < -0.3 is 10.2 Å². The number of carbonyl (C=O) groups is 2. The molecule has 2 aliphatic heterocycles. The van der Waals surface area contributed by atoms with Crippen LogP contribution in [-0.2, 0) is 26.0 Å². The summed E-state index contributed by atoms with van der Waals surface area (Å²) in [5.41, 5.74) is 2.63. The largest absolute Gasteiger partial charge is 0.310 e. The first-order valence-electron chi connectivity index (χ1n) is 11.9. The Labute approximate surface area is 200 Å². The Balaban J connectivity index is 1.26. The van der Waals surface area contributed by atoms with Crippen molar-refractivity contribution in [3.05, 3.63) is 47.7 Å². The number of nitrogens with zero attached hydrogens (tertiary/aromatic N) is 3. The predicted molar refractivity (Wildman–Crippen MR) is 129 cm³/mol. The van der Waals surface area contributed by atoms with Gasteiger partial charge in [0.05, 0.1) is 4.90 Å². The zero-order valence-electron chi connectivity index (χ0n) is 19.5. The monoisotopic (exact) mass is 482 g/mol. The van der Waals surface area contributed by atoms with E-state index in [0.717, 1.165) is 29.7 Å². The molecule has 2 amide bonds. The fourth-order valence-electron chi connectivity index (χ4n) is 4.97. The van der Waals surface area contributed by atoms with Gasteiger partial charge in [-0.15, -0.1) is 0 Å². The van der Waals surface area contributed by atoms with Gasteiger partial charge in [-0.05, 0) is 81.3 Å². The van der Waals surface area contributed by atoms with Crippen LogP contribution in [-0.4, -0.2) is 48.7 Å². The van der Waals surface area contributed by atoms with Gasteiger partial charge in [0.1, 0.15) is 5.82 Å². The van der Waals surface area contributed by atoms with Gasteiger partial charge in [-0.25, -0.2) is 13.4 Å². The van der Waals surface area contributed by atoms with Crippen molar-refractivity contribution in [3.63, 3.8) is 0 Å². The number of fused-ring (bicyclic) bond motifs is 1.